The summed E-state index contributed by atoms with van der Waals surface area (Å²) in [6.07, 6.45) is 2.51. The number of carbonyl (C=O) groups is 1. The fourth-order valence-corrected chi connectivity index (χ4v) is 7.85. The number of aromatic nitrogens is 4. The highest BCUT2D eigenvalue weighted by molar-refractivity contribution is 5.88. The van der Waals surface area contributed by atoms with E-state index >= 15 is 0 Å². The lowest BCUT2D eigenvalue weighted by Crippen LogP contribution is -2.40. The van der Waals surface area contributed by atoms with Gasteiger partial charge in [0, 0.05) is 16.5 Å². The van der Waals surface area contributed by atoms with Crippen LogP contribution in [0, 0.1) is 0 Å². The molecule has 0 spiro atoms. The van der Waals surface area contributed by atoms with Crippen molar-refractivity contribution in [2.24, 2.45) is 0 Å². The van der Waals surface area contributed by atoms with E-state index in [-0.39, 0.29) is 12.4 Å². The number of fused-ring (bicyclic) bond motifs is 8. The van der Waals surface area contributed by atoms with Gasteiger partial charge in [0.15, 0.2) is 0 Å². The van der Waals surface area contributed by atoms with Crippen molar-refractivity contribution in [3.8, 4) is 22.5 Å². The van der Waals surface area contributed by atoms with Crippen molar-refractivity contribution in [2.75, 3.05) is 6.61 Å². The van der Waals surface area contributed by atoms with E-state index in [2.05, 4.69) is 49.4 Å². The van der Waals surface area contributed by atoms with Crippen LogP contribution < -0.4 is 0 Å². The second-order valence-electron chi connectivity index (χ2n) is 12.0. The van der Waals surface area contributed by atoms with Crippen LogP contribution in [0.3, 0.4) is 0 Å². The Bertz CT molecular complexity index is 2110. The van der Waals surface area contributed by atoms with Crippen molar-refractivity contribution in [1.29, 1.82) is 0 Å². The number of carbonyl (C=O) groups excluding carboxylic acids is 1. The molecule has 6 nitrogen and oxygen atoms in total. The quantitative estimate of drug-likeness (QED) is 0.180. The number of para-hydroxylation sites is 4. The summed E-state index contributed by atoms with van der Waals surface area (Å²) in [5.74, 6) is -0.243. The number of ether oxygens (including phenoxy) is 1. The molecule has 0 fully saturated rings. The summed E-state index contributed by atoms with van der Waals surface area (Å²) in [7, 11) is 0. The molecule has 8 rings (SSSR count). The molecule has 2 aromatic heterocycles. The number of nitrogens with zero attached hydrogens (tertiary/aromatic N) is 4. The maximum atomic E-state index is 13.7. The zero-order valence-corrected chi connectivity index (χ0v) is 24.9. The molecular formula is C38H32N4O2. The minimum Gasteiger partial charge on any atom is -0.466 e. The maximum absolute atomic E-state index is 13.7. The molecule has 0 N–H and O–H groups in total. The second-order valence-corrected chi connectivity index (χ2v) is 12.0. The number of hydrogen-bond acceptors (Lipinski definition) is 6. The maximum Gasteiger partial charge on any atom is 0.307 e. The number of benzene rings is 4. The molecule has 216 valence electrons. The van der Waals surface area contributed by atoms with E-state index in [0.29, 0.717) is 13.0 Å². The van der Waals surface area contributed by atoms with E-state index < -0.39 is 10.8 Å². The molecule has 0 radical (unpaired) electrons. The Balaban J connectivity index is 1.45. The van der Waals surface area contributed by atoms with Gasteiger partial charge in [-0.3, -0.25) is 4.79 Å². The fourth-order valence-electron chi connectivity index (χ4n) is 7.85. The lowest BCUT2D eigenvalue weighted by molar-refractivity contribution is -0.144. The van der Waals surface area contributed by atoms with Gasteiger partial charge in [-0.1, -0.05) is 86.1 Å². The minimum atomic E-state index is -0.799. The summed E-state index contributed by atoms with van der Waals surface area (Å²) in [6, 6.07) is 33.0. The van der Waals surface area contributed by atoms with E-state index in [1.807, 2.05) is 61.5 Å². The molecule has 2 heterocycles. The average Bonchev–Trinajstić information content (AvgIpc) is 3.45. The van der Waals surface area contributed by atoms with Crippen LogP contribution in [0.15, 0.2) is 97.1 Å². The Morgan fingerprint density at radius 2 is 1.07 bits per heavy atom. The first-order chi connectivity index (χ1) is 21.6. The molecule has 2 aliphatic rings. The van der Waals surface area contributed by atoms with Crippen LogP contribution in [-0.2, 0) is 20.4 Å². The summed E-state index contributed by atoms with van der Waals surface area (Å²) in [6.45, 7) is 4.39. The van der Waals surface area contributed by atoms with Crippen LogP contribution >= 0.6 is 0 Å². The molecule has 0 saturated carbocycles. The highest BCUT2D eigenvalue weighted by atomic mass is 16.5. The molecule has 44 heavy (non-hydrogen) atoms. The Labute approximate surface area is 256 Å². The molecule has 6 heteroatoms. The summed E-state index contributed by atoms with van der Waals surface area (Å²) < 4.78 is 5.69. The molecular weight excluding hydrogens is 544 g/mol. The van der Waals surface area contributed by atoms with E-state index in [1.165, 1.54) is 5.56 Å². The van der Waals surface area contributed by atoms with Gasteiger partial charge in [0.2, 0.25) is 0 Å². The smallest absolute Gasteiger partial charge is 0.307 e. The molecule has 6 aromatic rings. The molecule has 2 atom stereocenters. The van der Waals surface area contributed by atoms with Crippen molar-refractivity contribution in [3.63, 3.8) is 0 Å². The molecule has 0 bridgehead atoms. The third-order valence-electron chi connectivity index (χ3n) is 9.47. The van der Waals surface area contributed by atoms with Crippen LogP contribution in [0.1, 0.15) is 62.0 Å². The average molecular weight is 577 g/mol. The van der Waals surface area contributed by atoms with Crippen molar-refractivity contribution < 1.29 is 9.53 Å². The third-order valence-corrected chi connectivity index (χ3v) is 9.47. The Morgan fingerprint density at radius 3 is 1.59 bits per heavy atom. The SMILES string of the molecule is CCC[C@@]1(C[C@@]2(CC(=O)OCC)c3ccccc3-c3nc4ccccc4nc32)c2ccccc2-c2nc3ccccc3nc21. The zero-order chi connectivity index (χ0) is 29.9. The first kappa shape index (κ1) is 26.6. The minimum absolute atomic E-state index is 0.155. The largest absolute Gasteiger partial charge is 0.466 e. The predicted molar refractivity (Wildman–Crippen MR) is 172 cm³/mol. The predicted octanol–water partition coefficient (Wildman–Crippen LogP) is 7.95. The molecule has 2 aliphatic carbocycles. The lowest BCUT2D eigenvalue weighted by Gasteiger charge is -2.40. The number of rotatable bonds is 7. The van der Waals surface area contributed by atoms with Gasteiger partial charge < -0.3 is 4.74 Å². The summed E-state index contributed by atoms with van der Waals surface area (Å²) >= 11 is 0. The van der Waals surface area contributed by atoms with E-state index in [1.54, 1.807) is 0 Å². The monoisotopic (exact) mass is 576 g/mol. The van der Waals surface area contributed by atoms with Gasteiger partial charge in [-0.25, -0.2) is 19.9 Å². The van der Waals surface area contributed by atoms with E-state index in [9.17, 15) is 4.79 Å². The van der Waals surface area contributed by atoms with Crippen LogP contribution in [-0.4, -0.2) is 32.5 Å². The molecule has 4 aromatic carbocycles. The van der Waals surface area contributed by atoms with Crippen molar-refractivity contribution in [3.05, 3.63) is 120 Å². The van der Waals surface area contributed by atoms with E-state index in [4.69, 9.17) is 24.7 Å². The highest BCUT2D eigenvalue weighted by Gasteiger charge is 2.56. The van der Waals surface area contributed by atoms with Gasteiger partial charge in [-0.15, -0.1) is 0 Å². The van der Waals surface area contributed by atoms with Gasteiger partial charge in [-0.2, -0.15) is 0 Å². The van der Waals surface area contributed by atoms with Crippen LogP contribution in [0.2, 0.25) is 0 Å². The van der Waals surface area contributed by atoms with Crippen LogP contribution in [0.5, 0.6) is 0 Å². The number of esters is 1. The van der Waals surface area contributed by atoms with Crippen molar-refractivity contribution in [2.45, 2.75) is 50.4 Å². The van der Waals surface area contributed by atoms with Crippen LogP contribution in [0.25, 0.3) is 44.6 Å². The van der Waals surface area contributed by atoms with E-state index in [0.717, 1.165) is 74.4 Å². The van der Waals surface area contributed by atoms with Gasteiger partial charge in [0.05, 0.1) is 63.3 Å². The van der Waals surface area contributed by atoms with Crippen LogP contribution in [0.4, 0.5) is 0 Å². The number of hydrogen-bond donors (Lipinski definition) is 0. The molecule has 0 unspecified atom stereocenters. The fraction of sp³-hybridized carbons (Fsp3) is 0.237. The first-order valence-corrected chi connectivity index (χ1v) is 15.5. The summed E-state index contributed by atoms with van der Waals surface area (Å²) in [5.41, 5.74) is 10.1. The van der Waals surface area contributed by atoms with Gasteiger partial charge in [0.25, 0.3) is 0 Å². The first-order valence-electron chi connectivity index (χ1n) is 15.5. The molecule has 0 saturated heterocycles. The zero-order valence-electron chi connectivity index (χ0n) is 24.9. The van der Waals surface area contributed by atoms with Gasteiger partial charge >= 0.3 is 5.97 Å². The van der Waals surface area contributed by atoms with Crippen molar-refractivity contribution in [1.82, 2.24) is 19.9 Å². The summed E-state index contributed by atoms with van der Waals surface area (Å²) in [4.78, 5) is 34.8. The molecule has 0 aliphatic heterocycles. The normalized spacial score (nSPS) is 19.4. The second kappa shape index (κ2) is 10.1. The Kier molecular flexibility index (Phi) is 6.09. The Morgan fingerprint density at radius 1 is 0.614 bits per heavy atom. The lowest BCUT2D eigenvalue weighted by atomic mass is 9.62. The highest BCUT2D eigenvalue weighted by Crippen LogP contribution is 2.61. The van der Waals surface area contributed by atoms with Gasteiger partial charge in [-0.05, 0) is 55.2 Å². The standard InChI is InChI=1S/C38H32N4O2/c1-3-21-37(26-15-7-5-13-24(26)33-35(37)41-30-19-11-9-17-28(30)39-33)23-38(22-32(43)44-4-2)27-16-8-6-14-25(27)34-36(38)42-31-20-12-10-18-29(31)40-34/h5-20H,3-4,21-23H2,1-2H3/t37-,38+/m1/s1. The topological polar surface area (TPSA) is 77.9 Å². The van der Waals surface area contributed by atoms with Gasteiger partial charge in [0.1, 0.15) is 0 Å². The third kappa shape index (κ3) is 3.76. The Hall–Kier alpha value is -4.97. The summed E-state index contributed by atoms with van der Waals surface area (Å²) in [5, 5.41) is 0. The molecule has 0 amide bonds. The van der Waals surface area contributed by atoms with Crippen molar-refractivity contribution >= 4 is 28.0 Å².